The normalized spacial score (nSPS) is 13.7. The van der Waals surface area contributed by atoms with Gasteiger partial charge in [-0.05, 0) is 151 Å². The van der Waals surface area contributed by atoms with Gasteiger partial charge < -0.3 is 9.97 Å². The van der Waals surface area contributed by atoms with Crippen LogP contribution in [0, 0.1) is 10.1 Å². The molecule has 0 fully saturated rings. The summed E-state index contributed by atoms with van der Waals surface area (Å²) in [5.41, 5.74) is 21.9. The number of fused-ring (bicyclic) bond motifs is 16. The molecule has 448 valence electrons. The van der Waals surface area contributed by atoms with E-state index in [9.17, 15) is 10.1 Å². The molecular weight excluding hydrogens is 1200 g/mol. The molecule has 2 heterocycles. The zero-order valence-electron chi connectivity index (χ0n) is 50.7. The smallest absolute Gasteiger partial charge is 0.278 e. The number of H-pyrrole nitrogens is 2. The summed E-state index contributed by atoms with van der Waals surface area (Å²) in [6.07, 6.45) is 0. The van der Waals surface area contributed by atoms with Gasteiger partial charge in [-0.3, -0.25) is 10.1 Å². The molecule has 12 aromatic carbocycles. The van der Waals surface area contributed by atoms with E-state index in [1.54, 1.807) is 12.1 Å². The van der Waals surface area contributed by atoms with Crippen molar-refractivity contribution in [1.82, 2.24) is 9.97 Å². The van der Waals surface area contributed by atoms with Crippen LogP contribution in [0.2, 0.25) is 15.1 Å². The molecule has 2 N–H and O–H groups in total. The minimum Gasteiger partial charge on any atom is -0.354 e. The lowest BCUT2D eigenvalue weighted by Crippen LogP contribution is -2.20. The van der Waals surface area contributed by atoms with Gasteiger partial charge in [0.25, 0.3) is 5.69 Å². The Morgan fingerprint density at radius 2 is 0.747 bits per heavy atom. The van der Waals surface area contributed by atoms with Crippen LogP contribution in [0.25, 0.3) is 88.1 Å². The van der Waals surface area contributed by atoms with E-state index in [1.807, 2.05) is 36.4 Å². The Morgan fingerprint density at radius 1 is 0.352 bits per heavy atom. The summed E-state index contributed by atoms with van der Waals surface area (Å²) in [5.74, 6) is 0. The third-order valence-corrected chi connectivity index (χ3v) is 21.8. The number of hydrogen-bond acceptors (Lipinski definition) is 2. The molecule has 9 heteroatoms. The molecule has 0 unspecified atom stereocenters. The Bertz CT molecular complexity index is 5010. The summed E-state index contributed by atoms with van der Waals surface area (Å²) in [7, 11) is -0.446. The minimum absolute atomic E-state index is 0. The number of aromatic nitrogens is 2. The third-order valence-electron chi connectivity index (χ3n) is 18.6. The van der Waals surface area contributed by atoms with Crippen LogP contribution in [-0.4, -0.2) is 14.9 Å². The first-order valence-corrected chi connectivity index (χ1v) is 32.8. The van der Waals surface area contributed by atoms with Crippen molar-refractivity contribution in [2.24, 2.45) is 0 Å². The molecule has 14 aromatic rings. The Hall–Kier alpha value is -9.06. The molecule has 3 aliphatic carbocycles. The first kappa shape index (κ1) is 60.8. The molecule has 2 aromatic heterocycles. The molecule has 0 saturated heterocycles. The maximum Gasteiger partial charge on any atom is 0.278 e. The highest BCUT2D eigenvalue weighted by Gasteiger charge is 2.39. The largest absolute Gasteiger partial charge is 0.354 e. The number of nitro groups is 1. The fraction of sp³-hybridized carbons (Fsp3) is 0.122. The first-order chi connectivity index (χ1) is 43.5. The van der Waals surface area contributed by atoms with Crippen molar-refractivity contribution in [1.29, 1.82) is 0 Å². The van der Waals surface area contributed by atoms with Crippen molar-refractivity contribution in [3.05, 3.63) is 319 Å². The van der Waals surface area contributed by atoms with Gasteiger partial charge in [-0.25, -0.2) is 0 Å². The Balaban J connectivity index is 0.000000111. The van der Waals surface area contributed by atoms with Crippen molar-refractivity contribution in [3.8, 4) is 44.5 Å². The van der Waals surface area contributed by atoms with Crippen molar-refractivity contribution in [3.63, 3.8) is 0 Å². The number of hydrogen-bond donors (Lipinski definition) is 2. The lowest BCUT2D eigenvalue weighted by Gasteiger charge is -2.22. The molecule has 0 spiro atoms. The SMILES string of the molecule is C.CC1(C)c2ccccc2-c2cc3[nH]c4cc(Cl)ccc4c3cc21.CC1(C)c2ccccc2-c2ccc(-c3ccc(Cl)cc3[N+](=O)[O-])cc21.CC1(C)c2ccccc2-c2ccc3c([nH]c4cc(Cl)ccc43)c21.c1ccc(P(c2ccccc2)c2ccccc2)cc1. The van der Waals surface area contributed by atoms with Gasteiger partial charge in [0, 0.05) is 75.5 Å². The van der Waals surface area contributed by atoms with Crippen LogP contribution in [0.5, 0.6) is 0 Å². The number of benzene rings is 12. The molecule has 0 atom stereocenters. The zero-order chi connectivity index (χ0) is 62.2. The van der Waals surface area contributed by atoms with E-state index in [1.165, 1.54) is 121 Å². The average molecular weight is 1260 g/mol. The summed E-state index contributed by atoms with van der Waals surface area (Å²) < 4.78 is 0. The van der Waals surface area contributed by atoms with Gasteiger partial charge >= 0.3 is 0 Å². The molecule has 0 bridgehead atoms. The molecule has 0 radical (unpaired) electrons. The highest BCUT2D eigenvalue weighted by molar-refractivity contribution is 7.79. The lowest BCUT2D eigenvalue weighted by molar-refractivity contribution is -0.384. The highest BCUT2D eigenvalue weighted by Crippen LogP contribution is 2.54. The summed E-state index contributed by atoms with van der Waals surface area (Å²) in [6, 6.07) is 90.4. The van der Waals surface area contributed by atoms with Crippen molar-refractivity contribution < 1.29 is 4.92 Å². The first-order valence-electron chi connectivity index (χ1n) is 30.3. The van der Waals surface area contributed by atoms with Gasteiger partial charge in [-0.1, -0.05) is 284 Å². The van der Waals surface area contributed by atoms with Gasteiger partial charge in [0.05, 0.1) is 16.0 Å². The van der Waals surface area contributed by atoms with E-state index in [0.29, 0.717) is 10.6 Å². The predicted molar refractivity (Wildman–Crippen MR) is 390 cm³/mol. The standard InChI is InChI=1S/C21H16ClNO2.2C21H16ClN.C18H15P.CH4/c1-21(2)18-6-4-3-5-16(18)17-9-7-13(11-19(17)21)15-10-8-14(22)12-20(15)23(24)25;1-21(2)17-6-4-3-5-13(17)15-11-20-16(10-18(15)21)14-8-7-12(22)9-19(14)23-20;1-21(2)17-6-4-3-5-13(17)15-9-10-16-14-8-7-12(22)11-18(14)23-20(16)19(15)21;1-4-10-16(11-5-1)19(17-12-6-2-7-13-17)18-14-8-3-9-15-18;/h3-12H,1-2H3;2*3-11,23H,1-2H3;1-15H;1H4. The van der Waals surface area contributed by atoms with Crippen molar-refractivity contribution in [2.45, 2.75) is 65.2 Å². The summed E-state index contributed by atoms with van der Waals surface area (Å²) in [6.45, 7) is 13.6. The van der Waals surface area contributed by atoms with Crippen molar-refractivity contribution in [2.75, 3.05) is 0 Å². The molecule has 0 saturated carbocycles. The van der Waals surface area contributed by atoms with Crippen LogP contribution in [-0.2, 0) is 16.2 Å². The Kier molecular flexibility index (Phi) is 16.0. The topological polar surface area (TPSA) is 74.7 Å². The minimum atomic E-state index is -0.446. The monoisotopic (exact) mass is 1260 g/mol. The molecular formula is C82H67Cl3N3O2P. The van der Waals surface area contributed by atoms with Crippen LogP contribution >= 0.6 is 42.7 Å². The van der Waals surface area contributed by atoms with Crippen LogP contribution in [0.1, 0.15) is 82.3 Å². The van der Waals surface area contributed by atoms with Crippen LogP contribution in [0.4, 0.5) is 5.69 Å². The van der Waals surface area contributed by atoms with Crippen LogP contribution in [0.15, 0.2) is 261 Å². The van der Waals surface area contributed by atoms with E-state index in [0.717, 1.165) is 26.6 Å². The van der Waals surface area contributed by atoms with Gasteiger partial charge in [0.1, 0.15) is 0 Å². The molecule has 0 amide bonds. The lowest BCUT2D eigenvalue weighted by atomic mass is 9.81. The van der Waals surface area contributed by atoms with Gasteiger partial charge in [0.2, 0.25) is 0 Å². The Labute approximate surface area is 548 Å². The molecule has 5 nitrogen and oxygen atoms in total. The van der Waals surface area contributed by atoms with Crippen LogP contribution < -0.4 is 15.9 Å². The quantitative estimate of drug-likeness (QED) is 0.102. The molecule has 0 aliphatic heterocycles. The maximum absolute atomic E-state index is 11.4. The second-order valence-electron chi connectivity index (χ2n) is 25.0. The van der Waals surface area contributed by atoms with Gasteiger partial charge in [-0.2, -0.15) is 0 Å². The zero-order valence-corrected chi connectivity index (χ0v) is 53.8. The molecule has 17 rings (SSSR count). The van der Waals surface area contributed by atoms with E-state index in [-0.39, 0.29) is 34.3 Å². The van der Waals surface area contributed by atoms with Crippen molar-refractivity contribution >= 4 is 108 Å². The fourth-order valence-electron chi connectivity index (χ4n) is 14.2. The van der Waals surface area contributed by atoms with Gasteiger partial charge in [-0.15, -0.1) is 0 Å². The number of halogens is 3. The number of nitrogens with zero attached hydrogens (tertiary/aromatic N) is 1. The average Bonchev–Trinajstić information content (AvgIpc) is 1.58. The van der Waals surface area contributed by atoms with Crippen LogP contribution in [0.3, 0.4) is 0 Å². The number of nitro benzene ring substituents is 1. The molecule has 91 heavy (non-hydrogen) atoms. The second-order valence-corrected chi connectivity index (χ2v) is 28.5. The number of aromatic amines is 2. The number of rotatable bonds is 5. The van der Waals surface area contributed by atoms with Gasteiger partial charge in [0.15, 0.2) is 0 Å². The highest BCUT2D eigenvalue weighted by atomic mass is 35.5. The molecule has 3 aliphatic rings. The second kappa shape index (κ2) is 24.0. The van der Waals surface area contributed by atoms with E-state index < -0.39 is 7.92 Å². The third kappa shape index (κ3) is 10.7. The van der Waals surface area contributed by atoms with E-state index >= 15 is 0 Å². The maximum atomic E-state index is 11.4. The van der Waals surface area contributed by atoms with E-state index in [4.69, 9.17) is 34.8 Å². The Morgan fingerprint density at radius 3 is 1.30 bits per heavy atom. The van der Waals surface area contributed by atoms with E-state index in [2.05, 4.69) is 258 Å². The summed E-state index contributed by atoms with van der Waals surface area (Å²) in [4.78, 5) is 18.2. The summed E-state index contributed by atoms with van der Waals surface area (Å²) in [5, 5.41) is 22.5. The summed E-state index contributed by atoms with van der Waals surface area (Å²) >= 11 is 18.3. The fourth-order valence-corrected chi connectivity index (χ4v) is 17.1. The number of nitrogens with one attached hydrogen (secondary N) is 2. The predicted octanol–water partition coefficient (Wildman–Crippen LogP) is 22.9.